The standard InChI is InChI=1S/C22H31N3O3/c1-2-17-6-5-7-19(16-17)27-15-12-25-11-4-3-8-20(25)22-24-23-21(28-22)18-9-13-26-14-10-18/h5-7,16,18,20H,2-4,8-15H2,1H3/t20-/m0/s1. The van der Waals surface area contributed by atoms with Crippen molar-refractivity contribution in [3.8, 4) is 5.75 Å². The van der Waals surface area contributed by atoms with Crippen LogP contribution < -0.4 is 4.74 Å². The molecule has 4 rings (SSSR count). The van der Waals surface area contributed by atoms with Gasteiger partial charge in [0.2, 0.25) is 11.8 Å². The number of nitrogens with zero attached hydrogens (tertiary/aromatic N) is 3. The van der Waals surface area contributed by atoms with Crippen LogP contribution in [0.25, 0.3) is 0 Å². The van der Waals surface area contributed by atoms with Gasteiger partial charge in [0.15, 0.2) is 0 Å². The minimum absolute atomic E-state index is 0.209. The number of benzene rings is 1. The summed E-state index contributed by atoms with van der Waals surface area (Å²) in [6.07, 6.45) is 6.46. The average Bonchev–Trinajstić information content (AvgIpc) is 3.25. The van der Waals surface area contributed by atoms with Crippen LogP contribution in [0.2, 0.25) is 0 Å². The maximum Gasteiger partial charge on any atom is 0.233 e. The maximum absolute atomic E-state index is 6.13. The van der Waals surface area contributed by atoms with Crippen LogP contribution in [0.3, 0.4) is 0 Å². The second-order valence-electron chi connectivity index (χ2n) is 7.76. The Balaban J connectivity index is 1.35. The van der Waals surface area contributed by atoms with Gasteiger partial charge in [-0.05, 0) is 56.3 Å². The molecule has 1 aromatic heterocycles. The third-order valence-electron chi connectivity index (χ3n) is 5.88. The predicted molar refractivity (Wildman–Crippen MR) is 107 cm³/mol. The zero-order valence-electron chi connectivity index (χ0n) is 16.8. The fraction of sp³-hybridized carbons (Fsp3) is 0.636. The molecule has 152 valence electrons. The molecule has 2 aliphatic heterocycles. The summed E-state index contributed by atoms with van der Waals surface area (Å²) >= 11 is 0. The van der Waals surface area contributed by atoms with Crippen LogP contribution in [-0.2, 0) is 11.2 Å². The van der Waals surface area contributed by atoms with Gasteiger partial charge in [-0.25, -0.2) is 0 Å². The lowest BCUT2D eigenvalue weighted by Gasteiger charge is -2.33. The quantitative estimate of drug-likeness (QED) is 0.714. The molecule has 2 saturated heterocycles. The summed E-state index contributed by atoms with van der Waals surface area (Å²) in [6.45, 7) is 6.33. The first-order valence-corrected chi connectivity index (χ1v) is 10.7. The van der Waals surface area contributed by atoms with Crippen molar-refractivity contribution in [3.05, 3.63) is 41.6 Å². The molecule has 0 saturated carbocycles. The number of rotatable bonds is 7. The Kier molecular flexibility index (Phi) is 6.60. The number of hydrogen-bond donors (Lipinski definition) is 0. The number of aryl methyl sites for hydroxylation is 1. The maximum atomic E-state index is 6.13. The molecule has 6 heteroatoms. The van der Waals surface area contributed by atoms with Crippen molar-refractivity contribution in [2.75, 3.05) is 32.9 Å². The highest BCUT2D eigenvalue weighted by Crippen LogP contribution is 2.32. The van der Waals surface area contributed by atoms with Crippen LogP contribution in [0, 0.1) is 0 Å². The van der Waals surface area contributed by atoms with Crippen molar-refractivity contribution in [1.29, 1.82) is 0 Å². The summed E-state index contributed by atoms with van der Waals surface area (Å²) in [6, 6.07) is 8.57. The summed E-state index contributed by atoms with van der Waals surface area (Å²) < 4.78 is 17.6. The average molecular weight is 386 g/mol. The third-order valence-corrected chi connectivity index (χ3v) is 5.88. The van der Waals surface area contributed by atoms with Crippen LogP contribution in [0.15, 0.2) is 28.7 Å². The third kappa shape index (κ3) is 4.73. The minimum Gasteiger partial charge on any atom is -0.492 e. The summed E-state index contributed by atoms with van der Waals surface area (Å²) in [4.78, 5) is 2.44. The van der Waals surface area contributed by atoms with Crippen molar-refractivity contribution in [1.82, 2.24) is 15.1 Å². The highest BCUT2D eigenvalue weighted by molar-refractivity contribution is 5.28. The van der Waals surface area contributed by atoms with E-state index in [1.165, 1.54) is 18.4 Å². The summed E-state index contributed by atoms with van der Waals surface area (Å²) in [7, 11) is 0. The molecule has 0 radical (unpaired) electrons. The van der Waals surface area contributed by atoms with Gasteiger partial charge in [-0.3, -0.25) is 4.90 Å². The van der Waals surface area contributed by atoms with Crippen LogP contribution in [0.1, 0.15) is 68.3 Å². The largest absolute Gasteiger partial charge is 0.492 e. The Hall–Kier alpha value is -1.92. The van der Waals surface area contributed by atoms with Gasteiger partial charge in [-0.1, -0.05) is 25.5 Å². The molecule has 0 spiro atoms. The van der Waals surface area contributed by atoms with Gasteiger partial charge in [0, 0.05) is 25.7 Å². The zero-order valence-corrected chi connectivity index (χ0v) is 16.8. The van der Waals surface area contributed by atoms with Gasteiger partial charge < -0.3 is 13.9 Å². The van der Waals surface area contributed by atoms with Crippen molar-refractivity contribution in [2.24, 2.45) is 0 Å². The molecule has 2 fully saturated rings. The molecule has 0 N–H and O–H groups in total. The van der Waals surface area contributed by atoms with Gasteiger partial charge in [0.05, 0.1) is 6.04 Å². The molecule has 6 nitrogen and oxygen atoms in total. The highest BCUT2D eigenvalue weighted by Gasteiger charge is 2.30. The topological polar surface area (TPSA) is 60.6 Å². The SMILES string of the molecule is CCc1cccc(OCCN2CCCC[C@H]2c2nnc(C3CCOCC3)o2)c1. The number of hydrogen-bond acceptors (Lipinski definition) is 6. The van der Waals surface area contributed by atoms with E-state index in [-0.39, 0.29) is 6.04 Å². The second kappa shape index (κ2) is 9.52. The van der Waals surface area contributed by atoms with E-state index in [2.05, 4.69) is 40.2 Å². The second-order valence-corrected chi connectivity index (χ2v) is 7.76. The Bertz CT molecular complexity index is 742. The van der Waals surface area contributed by atoms with E-state index in [1.54, 1.807) is 0 Å². The fourth-order valence-electron chi connectivity index (χ4n) is 4.16. The lowest BCUT2D eigenvalue weighted by atomic mass is 10.0. The Morgan fingerprint density at radius 3 is 2.82 bits per heavy atom. The summed E-state index contributed by atoms with van der Waals surface area (Å²) in [5, 5.41) is 8.78. The number of piperidine rings is 1. The molecule has 28 heavy (non-hydrogen) atoms. The molecule has 1 atom stereocenters. The normalized spacial score (nSPS) is 21.7. The molecule has 0 unspecified atom stereocenters. The van der Waals surface area contributed by atoms with E-state index in [4.69, 9.17) is 13.9 Å². The van der Waals surface area contributed by atoms with E-state index in [0.29, 0.717) is 12.5 Å². The smallest absolute Gasteiger partial charge is 0.233 e. The van der Waals surface area contributed by atoms with E-state index in [9.17, 15) is 0 Å². The molecule has 0 aliphatic carbocycles. The zero-order chi connectivity index (χ0) is 19.2. The van der Waals surface area contributed by atoms with Crippen LogP contribution in [0.4, 0.5) is 0 Å². The van der Waals surface area contributed by atoms with E-state index >= 15 is 0 Å². The van der Waals surface area contributed by atoms with Gasteiger partial charge in [-0.2, -0.15) is 0 Å². The Morgan fingerprint density at radius 1 is 1.11 bits per heavy atom. The van der Waals surface area contributed by atoms with E-state index < -0.39 is 0 Å². The Labute approximate surface area is 167 Å². The van der Waals surface area contributed by atoms with Crippen LogP contribution in [0.5, 0.6) is 5.75 Å². The molecule has 0 bridgehead atoms. The van der Waals surface area contributed by atoms with Crippen LogP contribution >= 0.6 is 0 Å². The summed E-state index contributed by atoms with van der Waals surface area (Å²) in [5.41, 5.74) is 1.31. The fourth-order valence-corrected chi connectivity index (χ4v) is 4.16. The number of likely N-dealkylation sites (tertiary alicyclic amines) is 1. The van der Waals surface area contributed by atoms with Crippen molar-refractivity contribution < 1.29 is 13.9 Å². The monoisotopic (exact) mass is 385 g/mol. The van der Waals surface area contributed by atoms with Crippen LogP contribution in [-0.4, -0.2) is 48.0 Å². The minimum atomic E-state index is 0.209. The predicted octanol–water partition coefficient (Wildman–Crippen LogP) is 4.13. The van der Waals surface area contributed by atoms with E-state index in [1.807, 2.05) is 6.07 Å². The molecule has 3 heterocycles. The molecular formula is C22H31N3O3. The van der Waals surface area contributed by atoms with Gasteiger partial charge in [0.25, 0.3) is 0 Å². The summed E-state index contributed by atoms with van der Waals surface area (Å²) in [5.74, 6) is 2.86. The lowest BCUT2D eigenvalue weighted by Crippen LogP contribution is -2.36. The van der Waals surface area contributed by atoms with Crippen molar-refractivity contribution in [3.63, 3.8) is 0 Å². The first-order valence-electron chi connectivity index (χ1n) is 10.7. The first kappa shape index (κ1) is 19.4. The van der Waals surface area contributed by atoms with Crippen molar-refractivity contribution in [2.45, 2.75) is 57.4 Å². The molecular weight excluding hydrogens is 354 g/mol. The molecule has 1 aromatic carbocycles. The number of aromatic nitrogens is 2. The van der Waals surface area contributed by atoms with Gasteiger partial charge >= 0.3 is 0 Å². The molecule has 2 aliphatic rings. The van der Waals surface area contributed by atoms with Gasteiger partial charge in [0.1, 0.15) is 12.4 Å². The first-order chi connectivity index (χ1) is 13.8. The number of ether oxygens (including phenoxy) is 2. The molecule has 2 aromatic rings. The van der Waals surface area contributed by atoms with Gasteiger partial charge in [-0.15, -0.1) is 10.2 Å². The lowest BCUT2D eigenvalue weighted by molar-refractivity contribution is 0.0762. The van der Waals surface area contributed by atoms with Crippen molar-refractivity contribution >= 4 is 0 Å². The Morgan fingerprint density at radius 2 is 1.96 bits per heavy atom. The molecule has 0 amide bonds. The highest BCUT2D eigenvalue weighted by atomic mass is 16.5. The van der Waals surface area contributed by atoms with E-state index in [0.717, 1.165) is 69.5 Å².